The Hall–Kier alpha value is -3.03. The van der Waals surface area contributed by atoms with E-state index in [1.807, 2.05) is 6.07 Å². The zero-order valence-corrected chi connectivity index (χ0v) is 11.1. The number of aromatic carboxylic acids is 1. The highest BCUT2D eigenvalue weighted by Gasteiger charge is 2.16. The standard InChI is InChI=1S/C13H11N5O3/c1-7-11(13(20)21)16-17-18(7)6-10-12(19)15-9-5-3-2-4-8(9)14-10/h2-5H,6H2,1H3,(H,15,19)(H,20,21). The molecule has 0 fully saturated rings. The summed E-state index contributed by atoms with van der Waals surface area (Å²) in [7, 11) is 0. The zero-order chi connectivity index (χ0) is 15.0. The van der Waals surface area contributed by atoms with Crippen LogP contribution in [0.25, 0.3) is 11.0 Å². The quantitative estimate of drug-likeness (QED) is 0.727. The van der Waals surface area contributed by atoms with Gasteiger partial charge in [0, 0.05) is 0 Å². The number of para-hydroxylation sites is 2. The van der Waals surface area contributed by atoms with E-state index < -0.39 is 5.97 Å². The number of nitrogens with one attached hydrogen (secondary N) is 1. The number of hydrogen-bond donors (Lipinski definition) is 2. The van der Waals surface area contributed by atoms with Crippen LogP contribution in [0.4, 0.5) is 0 Å². The Bertz CT molecular complexity index is 896. The maximum absolute atomic E-state index is 12.0. The van der Waals surface area contributed by atoms with Crippen molar-refractivity contribution in [2.45, 2.75) is 13.5 Å². The molecule has 0 spiro atoms. The summed E-state index contributed by atoms with van der Waals surface area (Å²) in [6.45, 7) is 1.64. The van der Waals surface area contributed by atoms with E-state index in [2.05, 4.69) is 20.3 Å². The average molecular weight is 285 g/mol. The molecular weight excluding hydrogens is 274 g/mol. The van der Waals surface area contributed by atoms with Crippen molar-refractivity contribution in [2.24, 2.45) is 0 Å². The molecule has 0 unspecified atom stereocenters. The lowest BCUT2D eigenvalue weighted by Crippen LogP contribution is -2.19. The first-order valence-electron chi connectivity index (χ1n) is 6.17. The smallest absolute Gasteiger partial charge is 0.358 e. The Morgan fingerprint density at radius 1 is 1.38 bits per heavy atom. The van der Waals surface area contributed by atoms with E-state index >= 15 is 0 Å². The molecule has 0 radical (unpaired) electrons. The van der Waals surface area contributed by atoms with Gasteiger partial charge in [-0.25, -0.2) is 14.5 Å². The molecule has 0 saturated carbocycles. The molecule has 1 aromatic carbocycles. The maximum atomic E-state index is 12.0. The monoisotopic (exact) mass is 285 g/mol. The van der Waals surface area contributed by atoms with E-state index in [0.717, 1.165) is 0 Å². The molecule has 0 saturated heterocycles. The maximum Gasteiger partial charge on any atom is 0.358 e. The van der Waals surface area contributed by atoms with Gasteiger partial charge in [-0.15, -0.1) is 5.10 Å². The first-order chi connectivity index (χ1) is 10.1. The van der Waals surface area contributed by atoms with Crippen LogP contribution in [-0.4, -0.2) is 36.0 Å². The van der Waals surface area contributed by atoms with Gasteiger partial charge in [0.05, 0.1) is 23.3 Å². The van der Waals surface area contributed by atoms with Crippen molar-refractivity contribution in [2.75, 3.05) is 0 Å². The number of carboxylic acid groups (broad SMARTS) is 1. The third-order valence-electron chi connectivity index (χ3n) is 3.15. The largest absolute Gasteiger partial charge is 0.476 e. The summed E-state index contributed by atoms with van der Waals surface area (Å²) in [5, 5.41) is 16.3. The van der Waals surface area contributed by atoms with Crippen LogP contribution in [0.3, 0.4) is 0 Å². The van der Waals surface area contributed by atoms with E-state index in [-0.39, 0.29) is 23.5 Å². The van der Waals surface area contributed by atoms with Gasteiger partial charge < -0.3 is 10.1 Å². The predicted octanol–water partition coefficient (Wildman–Crippen LogP) is 0.570. The molecule has 2 aromatic heterocycles. The minimum Gasteiger partial charge on any atom is -0.476 e. The van der Waals surface area contributed by atoms with Gasteiger partial charge in [0.1, 0.15) is 5.69 Å². The van der Waals surface area contributed by atoms with Crippen LogP contribution in [0.1, 0.15) is 21.9 Å². The van der Waals surface area contributed by atoms with Crippen molar-refractivity contribution >= 4 is 17.0 Å². The highest BCUT2D eigenvalue weighted by molar-refractivity contribution is 5.86. The van der Waals surface area contributed by atoms with Crippen LogP contribution in [0.15, 0.2) is 29.1 Å². The van der Waals surface area contributed by atoms with Crippen molar-refractivity contribution in [1.82, 2.24) is 25.0 Å². The van der Waals surface area contributed by atoms with Gasteiger partial charge in [0.15, 0.2) is 5.69 Å². The van der Waals surface area contributed by atoms with E-state index in [1.165, 1.54) is 4.68 Å². The SMILES string of the molecule is Cc1c(C(=O)O)nnn1Cc1nc2ccccc2[nH]c1=O. The molecule has 21 heavy (non-hydrogen) atoms. The summed E-state index contributed by atoms with van der Waals surface area (Å²) in [5.41, 5.74) is 1.46. The van der Waals surface area contributed by atoms with Crippen molar-refractivity contribution in [1.29, 1.82) is 0 Å². The number of carbonyl (C=O) groups is 1. The summed E-state index contributed by atoms with van der Waals surface area (Å²) < 4.78 is 1.34. The van der Waals surface area contributed by atoms with Crippen LogP contribution < -0.4 is 5.56 Å². The lowest BCUT2D eigenvalue weighted by Gasteiger charge is -2.04. The van der Waals surface area contributed by atoms with Crippen molar-refractivity contribution in [3.8, 4) is 0 Å². The van der Waals surface area contributed by atoms with Crippen molar-refractivity contribution in [3.05, 3.63) is 51.7 Å². The Kier molecular flexibility index (Phi) is 2.98. The predicted molar refractivity (Wildman–Crippen MR) is 73.2 cm³/mol. The van der Waals surface area contributed by atoms with Gasteiger partial charge in [-0.1, -0.05) is 17.3 Å². The summed E-state index contributed by atoms with van der Waals surface area (Å²) in [6.07, 6.45) is 0. The topological polar surface area (TPSA) is 114 Å². The number of H-pyrrole nitrogens is 1. The molecule has 3 aromatic rings. The van der Waals surface area contributed by atoms with Crippen LogP contribution >= 0.6 is 0 Å². The molecule has 0 atom stereocenters. The number of rotatable bonds is 3. The number of fused-ring (bicyclic) bond motifs is 1. The second-order valence-electron chi connectivity index (χ2n) is 4.52. The lowest BCUT2D eigenvalue weighted by atomic mass is 10.3. The van der Waals surface area contributed by atoms with Gasteiger partial charge in [0.25, 0.3) is 5.56 Å². The Morgan fingerprint density at radius 2 is 2.14 bits per heavy atom. The van der Waals surface area contributed by atoms with Crippen molar-refractivity contribution in [3.63, 3.8) is 0 Å². The van der Waals surface area contributed by atoms with Gasteiger partial charge in [0.2, 0.25) is 0 Å². The first kappa shape index (κ1) is 13.0. The van der Waals surface area contributed by atoms with Crippen molar-refractivity contribution < 1.29 is 9.90 Å². The molecular formula is C13H11N5O3. The summed E-state index contributed by atoms with van der Waals surface area (Å²) in [4.78, 5) is 29.9. The molecule has 0 bridgehead atoms. The Balaban J connectivity index is 2.04. The molecule has 3 rings (SSSR count). The van der Waals surface area contributed by atoms with E-state index in [0.29, 0.717) is 16.7 Å². The highest BCUT2D eigenvalue weighted by Crippen LogP contribution is 2.08. The third-order valence-corrected chi connectivity index (χ3v) is 3.15. The number of aromatic amines is 1. The van der Waals surface area contributed by atoms with E-state index in [9.17, 15) is 9.59 Å². The molecule has 8 nitrogen and oxygen atoms in total. The van der Waals surface area contributed by atoms with E-state index in [1.54, 1.807) is 25.1 Å². The fourth-order valence-corrected chi connectivity index (χ4v) is 2.02. The Morgan fingerprint density at radius 3 is 2.86 bits per heavy atom. The second-order valence-corrected chi connectivity index (χ2v) is 4.52. The summed E-state index contributed by atoms with van der Waals surface area (Å²) in [6, 6.07) is 7.17. The van der Waals surface area contributed by atoms with E-state index in [4.69, 9.17) is 5.11 Å². The minimum atomic E-state index is -1.15. The first-order valence-corrected chi connectivity index (χ1v) is 6.17. The van der Waals surface area contributed by atoms with Gasteiger partial charge in [-0.3, -0.25) is 4.79 Å². The zero-order valence-electron chi connectivity index (χ0n) is 11.1. The van der Waals surface area contributed by atoms with Crippen LogP contribution in [0, 0.1) is 6.92 Å². The molecule has 2 N–H and O–H groups in total. The van der Waals surface area contributed by atoms with Crippen LogP contribution in [0.2, 0.25) is 0 Å². The summed E-state index contributed by atoms with van der Waals surface area (Å²) >= 11 is 0. The van der Waals surface area contributed by atoms with Crippen LogP contribution in [0.5, 0.6) is 0 Å². The molecule has 0 aliphatic heterocycles. The van der Waals surface area contributed by atoms with Gasteiger partial charge >= 0.3 is 5.97 Å². The molecule has 0 amide bonds. The second kappa shape index (κ2) is 4.82. The van der Waals surface area contributed by atoms with Gasteiger partial charge in [-0.2, -0.15) is 0 Å². The van der Waals surface area contributed by atoms with Crippen LogP contribution in [-0.2, 0) is 6.54 Å². The lowest BCUT2D eigenvalue weighted by molar-refractivity contribution is 0.0689. The third kappa shape index (κ3) is 2.27. The number of carboxylic acids is 1. The minimum absolute atomic E-state index is 0.0618. The number of nitrogens with zero attached hydrogens (tertiary/aromatic N) is 4. The molecule has 2 heterocycles. The Labute approximate surface area is 118 Å². The summed E-state index contributed by atoms with van der Waals surface area (Å²) in [5.74, 6) is -1.15. The molecule has 106 valence electrons. The highest BCUT2D eigenvalue weighted by atomic mass is 16.4. The fraction of sp³-hybridized carbons (Fsp3) is 0.154. The fourth-order valence-electron chi connectivity index (χ4n) is 2.02. The van der Waals surface area contributed by atoms with Gasteiger partial charge in [-0.05, 0) is 19.1 Å². The molecule has 0 aliphatic carbocycles. The number of benzene rings is 1. The number of hydrogen-bond acceptors (Lipinski definition) is 5. The number of aromatic nitrogens is 5. The molecule has 8 heteroatoms. The molecule has 0 aliphatic rings. The normalized spacial score (nSPS) is 10.9. The average Bonchev–Trinajstić information content (AvgIpc) is 2.81.